The maximum absolute atomic E-state index is 11.7. The Labute approximate surface area is 98.8 Å². The van der Waals surface area contributed by atoms with Gasteiger partial charge < -0.3 is 9.52 Å². The third-order valence-corrected chi connectivity index (χ3v) is 2.83. The molecule has 1 aromatic rings. The molecule has 2 N–H and O–H groups in total. The lowest BCUT2D eigenvalue weighted by Gasteiger charge is -2.21. The van der Waals surface area contributed by atoms with E-state index in [0.29, 0.717) is 5.89 Å². The summed E-state index contributed by atoms with van der Waals surface area (Å²) in [5.41, 5.74) is 0. The third kappa shape index (κ3) is 3.01. The Morgan fingerprint density at radius 3 is 3.12 bits per heavy atom. The Balaban J connectivity index is 1.85. The average molecular weight is 240 g/mol. The molecule has 0 saturated carbocycles. The first-order chi connectivity index (χ1) is 8.19. The molecule has 17 heavy (non-hydrogen) atoms. The van der Waals surface area contributed by atoms with E-state index in [4.69, 9.17) is 9.52 Å². The lowest BCUT2D eigenvalue weighted by atomic mass is 10.2. The second-order valence-electron chi connectivity index (χ2n) is 4.12. The molecule has 1 saturated heterocycles. The van der Waals surface area contributed by atoms with Crippen molar-refractivity contribution in [1.82, 2.24) is 15.1 Å². The Kier molecular flexibility index (Phi) is 3.70. The number of aliphatic hydroxyl groups is 1. The highest BCUT2D eigenvalue weighted by atomic mass is 16.4. The van der Waals surface area contributed by atoms with Crippen LogP contribution in [0.25, 0.3) is 0 Å². The summed E-state index contributed by atoms with van der Waals surface area (Å²) in [6, 6.07) is 0.206. The molecule has 7 nitrogen and oxygen atoms in total. The van der Waals surface area contributed by atoms with Crippen molar-refractivity contribution in [1.29, 1.82) is 0 Å². The van der Waals surface area contributed by atoms with E-state index >= 15 is 0 Å². The van der Waals surface area contributed by atoms with Gasteiger partial charge >= 0.3 is 6.01 Å². The zero-order valence-corrected chi connectivity index (χ0v) is 9.72. The van der Waals surface area contributed by atoms with E-state index in [1.54, 1.807) is 6.92 Å². The number of rotatable bonds is 4. The van der Waals surface area contributed by atoms with Crippen molar-refractivity contribution in [3.8, 4) is 0 Å². The molecule has 1 amide bonds. The number of nitrogens with zero attached hydrogens (tertiary/aromatic N) is 3. The summed E-state index contributed by atoms with van der Waals surface area (Å²) in [4.78, 5) is 13.6. The fourth-order valence-corrected chi connectivity index (χ4v) is 2.00. The van der Waals surface area contributed by atoms with Gasteiger partial charge in [0.25, 0.3) is 0 Å². The fourth-order valence-electron chi connectivity index (χ4n) is 2.00. The molecular formula is C10H16N4O3. The van der Waals surface area contributed by atoms with Crippen molar-refractivity contribution in [2.75, 3.05) is 25.0 Å². The largest absolute Gasteiger partial charge is 0.408 e. The van der Waals surface area contributed by atoms with E-state index in [9.17, 15) is 4.79 Å². The average Bonchev–Trinajstić information content (AvgIpc) is 2.87. The minimum Gasteiger partial charge on any atom is -0.408 e. The van der Waals surface area contributed by atoms with Crippen LogP contribution >= 0.6 is 0 Å². The van der Waals surface area contributed by atoms with Crippen LogP contribution in [0.3, 0.4) is 0 Å². The van der Waals surface area contributed by atoms with Crippen LogP contribution in [0.5, 0.6) is 0 Å². The molecule has 1 aliphatic heterocycles. The normalized spacial score (nSPS) is 20.7. The number of hydrogen-bond donors (Lipinski definition) is 2. The van der Waals surface area contributed by atoms with Crippen LogP contribution in [-0.2, 0) is 4.79 Å². The van der Waals surface area contributed by atoms with Gasteiger partial charge in [0, 0.05) is 13.0 Å². The molecule has 0 aliphatic carbocycles. The number of aliphatic hydroxyl groups excluding tert-OH is 1. The number of nitrogens with one attached hydrogen (secondary N) is 1. The zero-order valence-electron chi connectivity index (χ0n) is 9.72. The molecule has 0 radical (unpaired) electrons. The number of aryl methyl sites for hydroxylation is 1. The second-order valence-corrected chi connectivity index (χ2v) is 4.12. The van der Waals surface area contributed by atoms with Gasteiger partial charge in [0.2, 0.25) is 11.8 Å². The first kappa shape index (κ1) is 12.0. The third-order valence-electron chi connectivity index (χ3n) is 2.83. The molecule has 2 rings (SSSR count). The first-order valence-electron chi connectivity index (χ1n) is 5.64. The van der Waals surface area contributed by atoms with Gasteiger partial charge in [-0.15, -0.1) is 5.10 Å². The van der Waals surface area contributed by atoms with Gasteiger partial charge in [0.15, 0.2) is 0 Å². The summed E-state index contributed by atoms with van der Waals surface area (Å²) in [6.45, 7) is 2.83. The Morgan fingerprint density at radius 1 is 1.65 bits per heavy atom. The van der Waals surface area contributed by atoms with Crippen molar-refractivity contribution in [2.45, 2.75) is 25.8 Å². The molecule has 1 atom stereocenters. The van der Waals surface area contributed by atoms with Crippen molar-refractivity contribution < 1.29 is 14.3 Å². The van der Waals surface area contributed by atoms with Crippen LogP contribution in [0.2, 0.25) is 0 Å². The topological polar surface area (TPSA) is 91.5 Å². The number of anilines is 1. The van der Waals surface area contributed by atoms with Gasteiger partial charge in [-0.05, 0) is 19.4 Å². The Bertz CT molecular complexity index is 393. The lowest BCUT2D eigenvalue weighted by Crippen LogP contribution is -2.38. The van der Waals surface area contributed by atoms with Crippen LogP contribution in [0, 0.1) is 6.92 Å². The van der Waals surface area contributed by atoms with Crippen LogP contribution in [0.1, 0.15) is 18.7 Å². The number of aromatic nitrogens is 2. The maximum Gasteiger partial charge on any atom is 0.322 e. The smallest absolute Gasteiger partial charge is 0.322 e. The first-order valence-corrected chi connectivity index (χ1v) is 5.64. The van der Waals surface area contributed by atoms with Crippen LogP contribution in [-0.4, -0.2) is 51.8 Å². The number of likely N-dealkylation sites (tertiary alicyclic amines) is 1. The highest BCUT2D eigenvalue weighted by Crippen LogP contribution is 2.16. The molecule has 0 spiro atoms. The van der Waals surface area contributed by atoms with E-state index in [-0.39, 0.29) is 31.1 Å². The summed E-state index contributed by atoms with van der Waals surface area (Å²) < 4.78 is 5.05. The molecule has 0 bridgehead atoms. The highest BCUT2D eigenvalue weighted by Gasteiger charge is 2.25. The molecule has 0 aromatic carbocycles. The van der Waals surface area contributed by atoms with Gasteiger partial charge in [-0.25, -0.2) is 0 Å². The van der Waals surface area contributed by atoms with Gasteiger partial charge in [0.1, 0.15) is 0 Å². The van der Waals surface area contributed by atoms with Gasteiger partial charge in [0.05, 0.1) is 13.2 Å². The molecule has 1 aromatic heterocycles. The summed E-state index contributed by atoms with van der Waals surface area (Å²) in [7, 11) is 0. The van der Waals surface area contributed by atoms with E-state index in [0.717, 1.165) is 19.4 Å². The predicted molar refractivity (Wildman–Crippen MR) is 59.3 cm³/mol. The SMILES string of the molecule is Cc1nnc(NC(=O)CN2CCC[C@H]2CO)o1. The van der Waals surface area contributed by atoms with E-state index in [1.165, 1.54) is 0 Å². The quantitative estimate of drug-likeness (QED) is 0.755. The van der Waals surface area contributed by atoms with E-state index in [2.05, 4.69) is 15.5 Å². The summed E-state index contributed by atoms with van der Waals surface area (Å²) in [5.74, 6) is 0.212. The Morgan fingerprint density at radius 2 is 2.47 bits per heavy atom. The van der Waals surface area contributed by atoms with Gasteiger partial charge in [-0.1, -0.05) is 5.10 Å². The summed E-state index contributed by atoms with van der Waals surface area (Å²) >= 11 is 0. The fraction of sp³-hybridized carbons (Fsp3) is 0.700. The molecule has 7 heteroatoms. The predicted octanol–water partition coefficient (Wildman–Crippen LogP) is -0.227. The molecule has 2 heterocycles. The van der Waals surface area contributed by atoms with Crippen molar-refractivity contribution in [2.24, 2.45) is 0 Å². The minimum atomic E-state index is -0.200. The van der Waals surface area contributed by atoms with Crippen LogP contribution in [0.15, 0.2) is 4.42 Å². The maximum atomic E-state index is 11.7. The van der Waals surface area contributed by atoms with Gasteiger partial charge in [-0.2, -0.15) is 0 Å². The second kappa shape index (κ2) is 5.24. The minimum absolute atomic E-state index is 0.0881. The number of amides is 1. The number of carbonyl (C=O) groups excluding carboxylic acids is 1. The van der Waals surface area contributed by atoms with E-state index in [1.807, 2.05) is 4.90 Å². The number of hydrogen-bond acceptors (Lipinski definition) is 6. The lowest BCUT2D eigenvalue weighted by molar-refractivity contribution is -0.117. The molecule has 0 unspecified atom stereocenters. The number of carbonyl (C=O) groups is 1. The molecule has 1 fully saturated rings. The standard InChI is InChI=1S/C10H16N4O3/c1-7-12-13-10(17-7)11-9(16)5-14-4-2-3-8(14)6-15/h8,15H,2-6H2,1H3,(H,11,13,16)/t8-/m0/s1. The van der Waals surface area contributed by atoms with Crippen LogP contribution in [0.4, 0.5) is 6.01 Å². The van der Waals surface area contributed by atoms with Crippen molar-refractivity contribution in [3.63, 3.8) is 0 Å². The molecule has 94 valence electrons. The molecular weight excluding hydrogens is 224 g/mol. The monoisotopic (exact) mass is 240 g/mol. The zero-order chi connectivity index (χ0) is 12.3. The molecule has 1 aliphatic rings. The van der Waals surface area contributed by atoms with E-state index < -0.39 is 0 Å². The van der Waals surface area contributed by atoms with Crippen LogP contribution < -0.4 is 5.32 Å². The Hall–Kier alpha value is -1.47. The summed E-state index contributed by atoms with van der Waals surface area (Å²) in [6.07, 6.45) is 1.95. The van der Waals surface area contributed by atoms with Crippen molar-refractivity contribution >= 4 is 11.9 Å². The van der Waals surface area contributed by atoms with Crippen molar-refractivity contribution in [3.05, 3.63) is 5.89 Å². The summed E-state index contributed by atoms with van der Waals surface area (Å²) in [5, 5.41) is 19.0. The van der Waals surface area contributed by atoms with Gasteiger partial charge in [-0.3, -0.25) is 15.0 Å². The highest BCUT2D eigenvalue weighted by molar-refractivity contribution is 5.90.